The van der Waals surface area contributed by atoms with Crippen molar-refractivity contribution in [3.63, 3.8) is 0 Å². The van der Waals surface area contributed by atoms with Gasteiger partial charge >= 0.3 is 0 Å². The molecule has 41 heavy (non-hydrogen) atoms. The van der Waals surface area contributed by atoms with E-state index in [2.05, 4.69) is 15.3 Å². The van der Waals surface area contributed by atoms with Crippen molar-refractivity contribution in [3.8, 4) is 17.0 Å². The Morgan fingerprint density at radius 1 is 1.12 bits per heavy atom. The highest BCUT2D eigenvalue weighted by molar-refractivity contribution is 6.03. The Labute approximate surface area is 236 Å². The molecule has 4 atom stereocenters. The van der Waals surface area contributed by atoms with Gasteiger partial charge in [-0.2, -0.15) is 0 Å². The summed E-state index contributed by atoms with van der Waals surface area (Å²) in [6.07, 6.45) is 5.24. The van der Waals surface area contributed by atoms with Crippen LogP contribution >= 0.6 is 0 Å². The Kier molecular flexibility index (Phi) is 8.86. The van der Waals surface area contributed by atoms with Crippen molar-refractivity contribution < 1.29 is 32.5 Å². The number of hydrogen-bond acceptors (Lipinski definition) is 7. The van der Waals surface area contributed by atoms with Crippen molar-refractivity contribution in [2.75, 3.05) is 25.1 Å². The first-order valence-corrected chi connectivity index (χ1v) is 13.8. The van der Waals surface area contributed by atoms with Crippen LogP contribution in [0.2, 0.25) is 0 Å². The standard InChI is InChI=1S/C30H33F3N4O4/c1-16-10-18(11-24(34)29(16)38)20-4-7-35-14-26(20)37-30(39)25-3-2-21(31)28(36-25)27-22(32)12-19(13-23(27)33)41-15-17-5-8-40-9-6-17/h2-4,7,12-14,16-18,24,29,38H,5-6,8-11,15,34H2,1H3,(H,37,39)/t16-,18+,24+,29+/m0/s1. The van der Waals surface area contributed by atoms with E-state index < -0.39 is 46.8 Å². The lowest BCUT2D eigenvalue weighted by atomic mass is 9.74. The molecule has 0 radical (unpaired) electrons. The molecule has 5 rings (SSSR count). The summed E-state index contributed by atoms with van der Waals surface area (Å²) in [6.45, 7) is 3.44. The van der Waals surface area contributed by atoms with E-state index in [0.29, 0.717) is 31.7 Å². The molecule has 3 aromatic rings. The minimum absolute atomic E-state index is 0.0158. The number of pyridine rings is 2. The van der Waals surface area contributed by atoms with Crippen LogP contribution in [-0.4, -0.2) is 52.9 Å². The van der Waals surface area contributed by atoms with Gasteiger partial charge in [0.1, 0.15) is 34.6 Å². The van der Waals surface area contributed by atoms with Crippen LogP contribution in [-0.2, 0) is 4.74 Å². The fraction of sp³-hybridized carbons (Fsp3) is 0.433. The highest BCUT2D eigenvalue weighted by Gasteiger charge is 2.34. The fourth-order valence-corrected chi connectivity index (χ4v) is 5.61. The third kappa shape index (κ3) is 6.52. The van der Waals surface area contributed by atoms with E-state index >= 15 is 8.78 Å². The number of carbonyl (C=O) groups excluding carboxylic acids is 1. The molecule has 218 valence electrons. The number of nitrogens with two attached hydrogens (primary N) is 1. The number of amides is 1. The maximum atomic E-state index is 15.1. The van der Waals surface area contributed by atoms with Gasteiger partial charge in [0.2, 0.25) is 0 Å². The third-order valence-corrected chi connectivity index (χ3v) is 7.94. The second-order valence-electron chi connectivity index (χ2n) is 10.9. The van der Waals surface area contributed by atoms with Gasteiger partial charge in [0.05, 0.1) is 30.2 Å². The van der Waals surface area contributed by atoms with Gasteiger partial charge in [-0.05, 0) is 67.2 Å². The van der Waals surface area contributed by atoms with Crippen LogP contribution in [0.5, 0.6) is 5.75 Å². The van der Waals surface area contributed by atoms with Gasteiger partial charge in [0.25, 0.3) is 5.91 Å². The predicted molar refractivity (Wildman–Crippen MR) is 146 cm³/mol. The number of benzene rings is 1. The van der Waals surface area contributed by atoms with E-state index in [4.69, 9.17) is 15.2 Å². The summed E-state index contributed by atoms with van der Waals surface area (Å²) in [7, 11) is 0. The molecule has 1 amide bonds. The largest absolute Gasteiger partial charge is 0.493 e. The van der Waals surface area contributed by atoms with Crippen molar-refractivity contribution in [2.45, 2.75) is 50.7 Å². The van der Waals surface area contributed by atoms with Crippen molar-refractivity contribution in [3.05, 3.63) is 71.4 Å². The Hall–Kier alpha value is -3.54. The van der Waals surface area contributed by atoms with Crippen LogP contribution in [0.15, 0.2) is 42.7 Å². The van der Waals surface area contributed by atoms with Crippen molar-refractivity contribution >= 4 is 11.6 Å². The minimum Gasteiger partial charge on any atom is -0.493 e. The van der Waals surface area contributed by atoms with E-state index in [1.54, 1.807) is 12.3 Å². The lowest BCUT2D eigenvalue weighted by molar-refractivity contribution is 0.0496. The zero-order valence-electron chi connectivity index (χ0n) is 22.7. The minimum atomic E-state index is -1.06. The maximum absolute atomic E-state index is 15.1. The SMILES string of the molecule is C[C@H]1C[C@@H](c2ccncc2NC(=O)c2ccc(F)c(-c3c(F)cc(OCC4CCOCC4)cc3F)n2)C[C@@H](N)[C@@H]1O. The molecule has 4 N–H and O–H groups in total. The van der Waals surface area contributed by atoms with E-state index in [1.165, 1.54) is 6.20 Å². The second-order valence-corrected chi connectivity index (χ2v) is 10.9. The highest BCUT2D eigenvalue weighted by Crippen LogP contribution is 2.39. The first-order chi connectivity index (χ1) is 19.7. The quantitative estimate of drug-likeness (QED) is 0.373. The molecule has 2 fully saturated rings. The molecule has 0 spiro atoms. The molecule has 0 bridgehead atoms. The summed E-state index contributed by atoms with van der Waals surface area (Å²) in [4.78, 5) is 21.3. The number of ether oxygens (including phenoxy) is 2. The molecule has 3 heterocycles. The van der Waals surface area contributed by atoms with Gasteiger partial charge < -0.3 is 25.6 Å². The summed E-state index contributed by atoms with van der Waals surface area (Å²) >= 11 is 0. The average Bonchev–Trinajstić information content (AvgIpc) is 2.96. The lowest BCUT2D eigenvalue weighted by Crippen LogP contribution is -2.44. The van der Waals surface area contributed by atoms with Crippen LogP contribution in [0.1, 0.15) is 54.6 Å². The van der Waals surface area contributed by atoms with Gasteiger partial charge in [-0.25, -0.2) is 18.2 Å². The van der Waals surface area contributed by atoms with Crippen LogP contribution in [0.3, 0.4) is 0 Å². The number of rotatable bonds is 7. The molecule has 8 nitrogen and oxygen atoms in total. The number of aliphatic hydroxyl groups is 1. The first kappa shape index (κ1) is 29.0. The van der Waals surface area contributed by atoms with Crippen LogP contribution in [0.25, 0.3) is 11.3 Å². The zero-order valence-corrected chi connectivity index (χ0v) is 22.7. The number of hydrogen-bond donors (Lipinski definition) is 3. The van der Waals surface area contributed by atoms with E-state index in [1.807, 2.05) is 6.92 Å². The average molecular weight is 571 g/mol. The summed E-state index contributed by atoms with van der Waals surface area (Å²) in [5, 5.41) is 13.0. The Bertz CT molecular complexity index is 1370. The Morgan fingerprint density at radius 3 is 2.56 bits per heavy atom. The van der Waals surface area contributed by atoms with Gasteiger partial charge in [-0.1, -0.05) is 6.92 Å². The zero-order chi connectivity index (χ0) is 29.1. The van der Waals surface area contributed by atoms with Crippen LogP contribution in [0, 0.1) is 29.3 Å². The lowest BCUT2D eigenvalue weighted by Gasteiger charge is -2.36. The molecule has 1 aromatic carbocycles. The molecule has 0 unspecified atom stereocenters. The molecule has 1 aliphatic carbocycles. The number of anilines is 1. The Balaban J connectivity index is 1.35. The fourth-order valence-electron chi connectivity index (χ4n) is 5.61. The normalized spacial score (nSPS) is 23.3. The molecule has 1 aliphatic heterocycles. The van der Waals surface area contributed by atoms with Crippen LogP contribution < -0.4 is 15.8 Å². The molecule has 1 saturated heterocycles. The molecular weight excluding hydrogens is 537 g/mol. The molecular formula is C30H33F3N4O4. The van der Waals surface area contributed by atoms with Crippen molar-refractivity contribution in [1.29, 1.82) is 0 Å². The number of nitrogens with zero attached hydrogens (tertiary/aromatic N) is 2. The number of halogens is 3. The highest BCUT2D eigenvalue weighted by atomic mass is 19.1. The molecule has 2 aromatic heterocycles. The van der Waals surface area contributed by atoms with E-state index in [9.17, 15) is 14.3 Å². The summed E-state index contributed by atoms with van der Waals surface area (Å²) < 4.78 is 55.9. The smallest absolute Gasteiger partial charge is 0.274 e. The summed E-state index contributed by atoms with van der Waals surface area (Å²) in [6, 6.07) is 5.42. The molecule has 1 saturated carbocycles. The number of aromatic nitrogens is 2. The maximum Gasteiger partial charge on any atom is 0.274 e. The first-order valence-electron chi connectivity index (χ1n) is 13.8. The van der Waals surface area contributed by atoms with Gasteiger partial charge in [-0.3, -0.25) is 9.78 Å². The van der Waals surface area contributed by atoms with E-state index in [-0.39, 0.29) is 35.8 Å². The summed E-state index contributed by atoms with van der Waals surface area (Å²) in [5.41, 5.74) is 5.78. The van der Waals surface area contributed by atoms with Gasteiger partial charge in [0, 0.05) is 37.6 Å². The monoisotopic (exact) mass is 570 g/mol. The molecule has 2 aliphatic rings. The van der Waals surface area contributed by atoms with Gasteiger partial charge in [0.15, 0.2) is 0 Å². The Morgan fingerprint density at radius 2 is 1.85 bits per heavy atom. The van der Waals surface area contributed by atoms with Crippen molar-refractivity contribution in [1.82, 2.24) is 9.97 Å². The molecule has 11 heteroatoms. The predicted octanol–water partition coefficient (Wildman–Crippen LogP) is 4.82. The number of nitrogens with one attached hydrogen (secondary N) is 1. The van der Waals surface area contributed by atoms with E-state index in [0.717, 1.165) is 42.7 Å². The summed E-state index contributed by atoms with van der Waals surface area (Å²) in [5.74, 6) is -3.68. The number of carbonyl (C=O) groups is 1. The van der Waals surface area contributed by atoms with Crippen molar-refractivity contribution in [2.24, 2.45) is 17.6 Å². The van der Waals surface area contributed by atoms with Crippen LogP contribution in [0.4, 0.5) is 18.9 Å². The topological polar surface area (TPSA) is 120 Å². The third-order valence-electron chi connectivity index (χ3n) is 7.94. The number of aliphatic hydroxyl groups excluding tert-OH is 1. The van der Waals surface area contributed by atoms with Gasteiger partial charge in [-0.15, -0.1) is 0 Å². The second kappa shape index (κ2) is 12.5.